The van der Waals surface area contributed by atoms with Crippen LogP contribution in [0.2, 0.25) is 0 Å². The second-order valence-corrected chi connectivity index (χ2v) is 6.62. The summed E-state index contributed by atoms with van der Waals surface area (Å²) in [5.41, 5.74) is 0.823. The van der Waals surface area contributed by atoms with Gasteiger partial charge in [0.1, 0.15) is 5.75 Å². The minimum absolute atomic E-state index is 0.0933. The number of esters is 1. The van der Waals surface area contributed by atoms with Gasteiger partial charge in [-0.15, -0.1) is 0 Å². The normalized spacial score (nSPS) is 12.8. The highest BCUT2D eigenvalue weighted by atomic mass is 16.5. The minimum Gasteiger partial charge on any atom is -0.427 e. The molecule has 0 aliphatic carbocycles. The van der Waals surface area contributed by atoms with Gasteiger partial charge in [0.25, 0.3) is 0 Å². The van der Waals surface area contributed by atoms with Crippen molar-refractivity contribution in [3.8, 4) is 5.75 Å². The van der Waals surface area contributed by atoms with Crippen LogP contribution in [0, 0.1) is 11.3 Å². The van der Waals surface area contributed by atoms with Crippen molar-refractivity contribution in [3.05, 3.63) is 29.8 Å². The highest BCUT2D eigenvalue weighted by molar-refractivity contribution is 5.96. The Balaban J connectivity index is 2.70. The van der Waals surface area contributed by atoms with Crippen molar-refractivity contribution >= 4 is 11.8 Å². The van der Waals surface area contributed by atoms with E-state index in [0.717, 1.165) is 6.42 Å². The van der Waals surface area contributed by atoms with Crippen molar-refractivity contribution in [2.45, 2.75) is 47.5 Å². The van der Waals surface area contributed by atoms with Crippen LogP contribution in [-0.2, 0) is 4.79 Å². The van der Waals surface area contributed by atoms with Gasteiger partial charge in [0.2, 0.25) is 0 Å². The number of carbonyl (C=O) groups is 2. The zero-order chi connectivity index (χ0) is 15.3. The molecule has 0 saturated carbocycles. The summed E-state index contributed by atoms with van der Waals surface area (Å²) in [4.78, 5) is 23.2. The first-order valence-corrected chi connectivity index (χ1v) is 6.99. The third-order valence-electron chi connectivity index (χ3n) is 2.91. The molecule has 0 N–H and O–H groups in total. The van der Waals surface area contributed by atoms with Crippen LogP contribution in [-0.4, -0.2) is 11.8 Å². The molecule has 0 saturated heterocycles. The lowest BCUT2D eigenvalue weighted by Gasteiger charge is -2.22. The molecule has 3 nitrogen and oxygen atoms in total. The zero-order valence-corrected chi connectivity index (χ0v) is 13.0. The molecule has 0 spiro atoms. The second-order valence-electron chi connectivity index (χ2n) is 6.62. The van der Waals surface area contributed by atoms with E-state index in [9.17, 15) is 9.59 Å². The smallest absolute Gasteiger partial charge is 0.308 e. The van der Waals surface area contributed by atoms with Crippen LogP contribution in [0.3, 0.4) is 0 Å². The van der Waals surface area contributed by atoms with Crippen molar-refractivity contribution in [2.24, 2.45) is 11.3 Å². The van der Waals surface area contributed by atoms with Crippen molar-refractivity contribution in [1.29, 1.82) is 0 Å². The lowest BCUT2D eigenvalue weighted by Crippen LogP contribution is -2.14. The summed E-state index contributed by atoms with van der Waals surface area (Å²) in [6, 6.07) is 6.81. The molecule has 0 fully saturated rings. The van der Waals surface area contributed by atoms with Crippen molar-refractivity contribution in [1.82, 2.24) is 0 Å². The third-order valence-corrected chi connectivity index (χ3v) is 2.91. The molecule has 0 bridgehead atoms. The number of carbonyl (C=O) groups excluding carboxylic acids is 2. The molecule has 0 aliphatic heterocycles. The highest BCUT2D eigenvalue weighted by Gasteiger charge is 2.18. The van der Waals surface area contributed by atoms with Crippen molar-refractivity contribution in [2.75, 3.05) is 0 Å². The maximum atomic E-state index is 12.2. The maximum absolute atomic E-state index is 12.2. The first kappa shape index (κ1) is 16.4. The summed E-state index contributed by atoms with van der Waals surface area (Å²) in [6.45, 7) is 9.97. The molecular formula is C17H24O3. The molecule has 0 radical (unpaired) electrons. The first-order valence-electron chi connectivity index (χ1n) is 6.99. The highest BCUT2D eigenvalue weighted by Crippen LogP contribution is 2.27. The number of benzene rings is 1. The molecule has 0 aromatic heterocycles. The topological polar surface area (TPSA) is 43.4 Å². The van der Waals surface area contributed by atoms with Crippen LogP contribution in [0.1, 0.15) is 57.8 Å². The summed E-state index contributed by atoms with van der Waals surface area (Å²) < 4.78 is 5.00. The Hall–Kier alpha value is -1.64. The number of rotatable bonds is 5. The molecule has 3 heteroatoms. The predicted octanol–water partition coefficient (Wildman–Crippen LogP) is 4.26. The van der Waals surface area contributed by atoms with Gasteiger partial charge in [-0.25, -0.2) is 0 Å². The number of hydrogen-bond acceptors (Lipinski definition) is 3. The fourth-order valence-corrected chi connectivity index (χ4v) is 2.45. The summed E-state index contributed by atoms with van der Waals surface area (Å²) >= 11 is 0. The molecule has 0 amide bonds. The van der Waals surface area contributed by atoms with Crippen LogP contribution in [0.5, 0.6) is 5.75 Å². The quantitative estimate of drug-likeness (QED) is 0.458. The lowest BCUT2D eigenvalue weighted by molar-refractivity contribution is -0.131. The third kappa shape index (κ3) is 6.00. The van der Waals surface area contributed by atoms with E-state index < -0.39 is 0 Å². The van der Waals surface area contributed by atoms with Gasteiger partial charge >= 0.3 is 5.97 Å². The van der Waals surface area contributed by atoms with E-state index >= 15 is 0 Å². The van der Waals surface area contributed by atoms with Gasteiger partial charge in [-0.05, 0) is 29.9 Å². The summed E-state index contributed by atoms with van der Waals surface area (Å²) in [6.07, 6.45) is 1.52. The Bertz CT molecular complexity index is 483. The molecule has 110 valence electrons. The molecule has 1 unspecified atom stereocenters. The van der Waals surface area contributed by atoms with Crippen LogP contribution >= 0.6 is 0 Å². The Morgan fingerprint density at radius 3 is 2.45 bits per heavy atom. The maximum Gasteiger partial charge on any atom is 0.308 e. The summed E-state index contributed by atoms with van der Waals surface area (Å²) in [5.74, 6) is 0.471. The molecule has 0 heterocycles. The van der Waals surface area contributed by atoms with E-state index in [-0.39, 0.29) is 17.2 Å². The van der Waals surface area contributed by atoms with Gasteiger partial charge < -0.3 is 4.74 Å². The number of ketones is 1. The first-order chi connectivity index (χ1) is 9.17. The minimum atomic E-state index is -0.379. The van der Waals surface area contributed by atoms with Crippen LogP contribution in [0.4, 0.5) is 0 Å². The van der Waals surface area contributed by atoms with E-state index in [1.165, 1.54) is 6.92 Å². The van der Waals surface area contributed by atoms with Crippen LogP contribution in [0.25, 0.3) is 0 Å². The van der Waals surface area contributed by atoms with Gasteiger partial charge in [-0.2, -0.15) is 0 Å². The van der Waals surface area contributed by atoms with E-state index in [1.807, 2.05) is 0 Å². The number of Topliss-reactive ketones (excluding diaryl/α,β-unsaturated/α-hetero) is 1. The van der Waals surface area contributed by atoms with Gasteiger partial charge in [-0.1, -0.05) is 39.8 Å². The van der Waals surface area contributed by atoms with Gasteiger partial charge in [-0.3, -0.25) is 9.59 Å². The Labute approximate surface area is 121 Å². The standard InChI is InChI=1S/C17H24O3/c1-12(11-17(3,4)5)9-16(19)14-7-6-8-15(10-14)20-13(2)18/h6-8,10,12H,9,11H2,1-5H3. The van der Waals surface area contributed by atoms with Crippen molar-refractivity contribution in [3.63, 3.8) is 0 Å². The zero-order valence-electron chi connectivity index (χ0n) is 13.0. The predicted molar refractivity (Wildman–Crippen MR) is 79.9 cm³/mol. The van der Waals surface area contributed by atoms with Crippen LogP contribution in [0.15, 0.2) is 24.3 Å². The monoisotopic (exact) mass is 276 g/mol. The van der Waals surface area contributed by atoms with Crippen LogP contribution < -0.4 is 4.74 Å². The summed E-state index contributed by atoms with van der Waals surface area (Å²) in [5, 5.41) is 0. The molecular weight excluding hydrogens is 252 g/mol. The van der Waals surface area contributed by atoms with E-state index in [2.05, 4.69) is 27.7 Å². The van der Waals surface area contributed by atoms with Crippen molar-refractivity contribution < 1.29 is 14.3 Å². The average molecular weight is 276 g/mol. The average Bonchev–Trinajstić information content (AvgIpc) is 2.25. The SMILES string of the molecule is CC(=O)Oc1cccc(C(=O)CC(C)CC(C)(C)C)c1. The van der Waals surface area contributed by atoms with E-state index in [0.29, 0.717) is 23.7 Å². The number of hydrogen-bond donors (Lipinski definition) is 0. The molecule has 1 atom stereocenters. The Morgan fingerprint density at radius 1 is 1.25 bits per heavy atom. The molecule has 0 aliphatic rings. The lowest BCUT2D eigenvalue weighted by atomic mass is 9.83. The fraction of sp³-hybridized carbons (Fsp3) is 0.529. The Kier molecular flexibility index (Phi) is 5.49. The van der Waals surface area contributed by atoms with Gasteiger partial charge in [0, 0.05) is 18.9 Å². The largest absolute Gasteiger partial charge is 0.427 e. The Morgan fingerprint density at radius 2 is 1.90 bits per heavy atom. The molecule has 1 rings (SSSR count). The molecule has 1 aromatic rings. The van der Waals surface area contributed by atoms with Gasteiger partial charge in [0.05, 0.1) is 0 Å². The van der Waals surface area contributed by atoms with E-state index in [1.54, 1.807) is 24.3 Å². The molecule has 20 heavy (non-hydrogen) atoms. The summed E-state index contributed by atoms with van der Waals surface area (Å²) in [7, 11) is 0. The molecule has 1 aromatic carbocycles. The van der Waals surface area contributed by atoms with E-state index in [4.69, 9.17) is 4.74 Å². The number of ether oxygens (including phenoxy) is 1. The van der Waals surface area contributed by atoms with Gasteiger partial charge in [0.15, 0.2) is 5.78 Å². The fourth-order valence-electron chi connectivity index (χ4n) is 2.45. The second kappa shape index (κ2) is 6.69.